The molecular formula is C6H7NS. The number of hydrogen-bond acceptors (Lipinski definition) is 2. The number of nitrogens with zero attached hydrogens (tertiary/aromatic N) is 1. The minimum atomic E-state index is 1.07. The average molecular weight is 125 g/mol. The van der Waals surface area contributed by atoms with E-state index >= 15 is 0 Å². The zero-order valence-corrected chi connectivity index (χ0v) is 5.53. The summed E-state index contributed by atoms with van der Waals surface area (Å²) >= 11 is 1.48. The Bertz CT molecular complexity index is 190. The molecule has 0 aliphatic rings. The standard InChI is InChI=1S/C6H7NS/c1-3-6-4-5(2)7-8-6/h3-4H,1H2,2H3. The molecule has 1 aromatic rings. The summed E-state index contributed by atoms with van der Waals surface area (Å²) in [4.78, 5) is 1.14. The van der Waals surface area contributed by atoms with E-state index in [1.807, 2.05) is 19.1 Å². The molecule has 1 heterocycles. The van der Waals surface area contributed by atoms with Gasteiger partial charge in [0, 0.05) is 4.88 Å². The van der Waals surface area contributed by atoms with Gasteiger partial charge in [0.1, 0.15) is 0 Å². The molecule has 8 heavy (non-hydrogen) atoms. The number of hydrogen-bond donors (Lipinski definition) is 0. The molecule has 0 aromatic carbocycles. The molecule has 0 aliphatic carbocycles. The lowest BCUT2D eigenvalue weighted by molar-refractivity contribution is 1.35. The van der Waals surface area contributed by atoms with Gasteiger partial charge < -0.3 is 0 Å². The molecule has 0 fully saturated rings. The van der Waals surface area contributed by atoms with Crippen LogP contribution in [-0.4, -0.2) is 4.37 Å². The van der Waals surface area contributed by atoms with Crippen molar-refractivity contribution >= 4 is 17.6 Å². The van der Waals surface area contributed by atoms with Crippen LogP contribution in [0.2, 0.25) is 0 Å². The molecule has 0 N–H and O–H groups in total. The third-order valence-corrected chi connectivity index (χ3v) is 1.72. The summed E-state index contributed by atoms with van der Waals surface area (Å²) in [5.74, 6) is 0. The normalized spacial score (nSPS) is 9.12. The quantitative estimate of drug-likeness (QED) is 0.560. The molecule has 0 bridgehead atoms. The van der Waals surface area contributed by atoms with Crippen molar-refractivity contribution in [1.29, 1.82) is 0 Å². The Kier molecular flexibility index (Phi) is 1.44. The van der Waals surface area contributed by atoms with Gasteiger partial charge in [0.15, 0.2) is 0 Å². The first kappa shape index (κ1) is 5.51. The molecule has 2 heteroatoms. The molecular weight excluding hydrogens is 118 g/mol. The monoisotopic (exact) mass is 125 g/mol. The van der Waals surface area contributed by atoms with E-state index < -0.39 is 0 Å². The Hall–Kier alpha value is -0.630. The predicted molar refractivity (Wildman–Crippen MR) is 36.9 cm³/mol. The Balaban J connectivity index is 3.00. The molecule has 0 amide bonds. The lowest BCUT2D eigenvalue weighted by Gasteiger charge is -1.70. The van der Waals surface area contributed by atoms with E-state index in [1.165, 1.54) is 11.5 Å². The van der Waals surface area contributed by atoms with E-state index in [9.17, 15) is 0 Å². The van der Waals surface area contributed by atoms with Gasteiger partial charge in [-0.3, -0.25) is 0 Å². The highest BCUT2D eigenvalue weighted by atomic mass is 32.1. The first-order valence-electron chi connectivity index (χ1n) is 2.38. The van der Waals surface area contributed by atoms with E-state index in [0.29, 0.717) is 0 Å². The van der Waals surface area contributed by atoms with Gasteiger partial charge in [-0.25, -0.2) is 0 Å². The van der Waals surface area contributed by atoms with E-state index in [2.05, 4.69) is 11.0 Å². The van der Waals surface area contributed by atoms with Crippen LogP contribution >= 0.6 is 11.5 Å². The minimum Gasteiger partial charge on any atom is -0.197 e. The summed E-state index contributed by atoms with van der Waals surface area (Å²) in [7, 11) is 0. The van der Waals surface area contributed by atoms with Gasteiger partial charge in [0.25, 0.3) is 0 Å². The van der Waals surface area contributed by atoms with Crippen molar-refractivity contribution in [3.05, 3.63) is 23.2 Å². The van der Waals surface area contributed by atoms with Crippen molar-refractivity contribution in [2.24, 2.45) is 0 Å². The van der Waals surface area contributed by atoms with Crippen molar-refractivity contribution in [2.45, 2.75) is 6.92 Å². The van der Waals surface area contributed by atoms with Crippen molar-refractivity contribution in [3.8, 4) is 0 Å². The van der Waals surface area contributed by atoms with E-state index in [1.54, 1.807) is 0 Å². The second-order valence-corrected chi connectivity index (χ2v) is 2.41. The Labute approximate surface area is 52.8 Å². The van der Waals surface area contributed by atoms with Crippen LogP contribution in [0.1, 0.15) is 10.6 Å². The highest BCUT2D eigenvalue weighted by Gasteiger charge is 1.88. The molecule has 1 aromatic heterocycles. The molecule has 0 radical (unpaired) electrons. The Morgan fingerprint density at radius 2 is 2.62 bits per heavy atom. The third-order valence-electron chi connectivity index (χ3n) is 0.847. The van der Waals surface area contributed by atoms with Crippen molar-refractivity contribution < 1.29 is 0 Å². The molecule has 42 valence electrons. The Morgan fingerprint density at radius 3 is 2.88 bits per heavy atom. The van der Waals surface area contributed by atoms with Crippen LogP contribution in [0.15, 0.2) is 12.6 Å². The van der Waals surface area contributed by atoms with Crippen molar-refractivity contribution in [3.63, 3.8) is 0 Å². The van der Waals surface area contributed by atoms with Crippen LogP contribution in [0.5, 0.6) is 0 Å². The molecule has 0 atom stereocenters. The van der Waals surface area contributed by atoms with E-state index in [4.69, 9.17) is 0 Å². The fraction of sp³-hybridized carbons (Fsp3) is 0.167. The van der Waals surface area contributed by atoms with Crippen LogP contribution < -0.4 is 0 Å². The van der Waals surface area contributed by atoms with Crippen molar-refractivity contribution in [1.82, 2.24) is 4.37 Å². The molecule has 0 unspecified atom stereocenters. The third kappa shape index (κ3) is 0.954. The molecule has 0 saturated heterocycles. The maximum absolute atomic E-state index is 4.06. The maximum Gasteiger partial charge on any atom is 0.0517 e. The van der Waals surface area contributed by atoms with Gasteiger partial charge in [-0.15, -0.1) is 0 Å². The summed E-state index contributed by atoms with van der Waals surface area (Å²) in [5, 5.41) is 0. The van der Waals surface area contributed by atoms with Gasteiger partial charge in [-0.05, 0) is 24.5 Å². The zero-order valence-electron chi connectivity index (χ0n) is 4.72. The molecule has 1 nitrogen and oxygen atoms in total. The number of aryl methyl sites for hydroxylation is 1. The highest BCUT2D eigenvalue weighted by molar-refractivity contribution is 7.06. The smallest absolute Gasteiger partial charge is 0.0517 e. The van der Waals surface area contributed by atoms with Crippen LogP contribution in [0.4, 0.5) is 0 Å². The fourth-order valence-electron chi connectivity index (χ4n) is 0.479. The van der Waals surface area contributed by atoms with Gasteiger partial charge in [-0.1, -0.05) is 12.7 Å². The first-order valence-corrected chi connectivity index (χ1v) is 3.16. The number of rotatable bonds is 1. The summed E-state index contributed by atoms with van der Waals surface area (Å²) < 4.78 is 4.06. The zero-order chi connectivity index (χ0) is 5.98. The van der Waals surface area contributed by atoms with E-state index in [0.717, 1.165) is 10.6 Å². The molecule has 1 rings (SSSR count). The summed E-state index contributed by atoms with van der Waals surface area (Å²) in [6.45, 7) is 5.59. The second kappa shape index (κ2) is 2.09. The predicted octanol–water partition coefficient (Wildman–Crippen LogP) is 2.09. The highest BCUT2D eigenvalue weighted by Crippen LogP contribution is 2.08. The minimum absolute atomic E-state index is 1.07. The first-order chi connectivity index (χ1) is 3.83. The van der Waals surface area contributed by atoms with Crippen LogP contribution in [0.25, 0.3) is 6.08 Å². The lowest BCUT2D eigenvalue weighted by atomic mass is 10.4. The average Bonchev–Trinajstić information content (AvgIpc) is 2.14. The molecule has 0 saturated carbocycles. The number of aromatic nitrogens is 1. The summed E-state index contributed by atoms with van der Waals surface area (Å²) in [5.41, 5.74) is 1.07. The second-order valence-electron chi connectivity index (χ2n) is 1.57. The topological polar surface area (TPSA) is 12.9 Å². The van der Waals surface area contributed by atoms with Crippen LogP contribution in [0, 0.1) is 6.92 Å². The van der Waals surface area contributed by atoms with Crippen LogP contribution in [0.3, 0.4) is 0 Å². The van der Waals surface area contributed by atoms with Gasteiger partial charge in [0.05, 0.1) is 5.69 Å². The maximum atomic E-state index is 4.06. The molecule has 0 aliphatic heterocycles. The fourth-order valence-corrected chi connectivity index (χ4v) is 1.08. The van der Waals surface area contributed by atoms with Gasteiger partial charge in [-0.2, -0.15) is 4.37 Å². The van der Waals surface area contributed by atoms with E-state index in [-0.39, 0.29) is 0 Å². The Morgan fingerprint density at radius 1 is 1.88 bits per heavy atom. The molecule has 0 spiro atoms. The SMILES string of the molecule is C=Cc1cc(C)ns1. The summed E-state index contributed by atoms with van der Waals surface area (Å²) in [6, 6.07) is 2.01. The van der Waals surface area contributed by atoms with Crippen LogP contribution in [-0.2, 0) is 0 Å². The lowest BCUT2D eigenvalue weighted by Crippen LogP contribution is -1.59. The van der Waals surface area contributed by atoms with Gasteiger partial charge >= 0.3 is 0 Å². The summed E-state index contributed by atoms with van der Waals surface area (Å²) in [6.07, 6.45) is 1.81. The van der Waals surface area contributed by atoms with Crippen molar-refractivity contribution in [2.75, 3.05) is 0 Å². The van der Waals surface area contributed by atoms with Gasteiger partial charge in [0.2, 0.25) is 0 Å². The largest absolute Gasteiger partial charge is 0.197 e.